The van der Waals surface area contributed by atoms with Gasteiger partial charge in [-0.1, -0.05) is 29.1 Å². The summed E-state index contributed by atoms with van der Waals surface area (Å²) in [7, 11) is 1.36. The summed E-state index contributed by atoms with van der Waals surface area (Å²) in [4.78, 5) is 4.38. The zero-order chi connectivity index (χ0) is 22.7. The fourth-order valence-electron chi connectivity index (χ4n) is 3.06. The minimum Gasteiger partial charge on any atom is -0.493 e. The van der Waals surface area contributed by atoms with Crippen molar-refractivity contribution in [2.75, 3.05) is 7.11 Å². The lowest BCUT2D eigenvalue weighted by Gasteiger charge is -2.10. The number of benzene rings is 2. The summed E-state index contributed by atoms with van der Waals surface area (Å²) < 4.78 is 41.9. The van der Waals surface area contributed by atoms with Gasteiger partial charge in [-0.2, -0.15) is 13.8 Å². The first-order valence-electron chi connectivity index (χ1n) is 9.52. The van der Waals surface area contributed by atoms with Crippen LogP contribution in [0.2, 0.25) is 0 Å². The number of hydrogen-bond donors (Lipinski definition) is 0. The van der Waals surface area contributed by atoms with E-state index in [0.29, 0.717) is 28.2 Å². The van der Waals surface area contributed by atoms with Crippen LogP contribution >= 0.6 is 11.8 Å². The van der Waals surface area contributed by atoms with Crippen LogP contribution in [0.1, 0.15) is 17.3 Å². The predicted octanol–water partition coefficient (Wildman–Crippen LogP) is 4.84. The second kappa shape index (κ2) is 9.35. The average molecular weight is 459 g/mol. The van der Waals surface area contributed by atoms with Gasteiger partial charge in [-0.25, -0.2) is 0 Å². The molecule has 0 saturated carbocycles. The number of nitrogens with zero attached hydrogens (tertiary/aromatic N) is 5. The Balaban J connectivity index is 1.51. The van der Waals surface area contributed by atoms with E-state index in [9.17, 15) is 8.78 Å². The highest BCUT2D eigenvalue weighted by Gasteiger charge is 2.17. The van der Waals surface area contributed by atoms with Crippen LogP contribution in [0.15, 0.2) is 52.1 Å². The van der Waals surface area contributed by atoms with Gasteiger partial charge >= 0.3 is 6.61 Å². The zero-order valence-corrected chi connectivity index (χ0v) is 18.3. The molecule has 0 fully saturated rings. The van der Waals surface area contributed by atoms with E-state index in [1.165, 1.54) is 31.0 Å². The van der Waals surface area contributed by atoms with Gasteiger partial charge < -0.3 is 14.0 Å². The molecule has 0 aliphatic carbocycles. The molecule has 8 nitrogen and oxygen atoms in total. The Labute approximate surface area is 186 Å². The molecule has 0 N–H and O–H groups in total. The molecular formula is C21H19F2N5O3S. The van der Waals surface area contributed by atoms with Crippen LogP contribution in [0.25, 0.3) is 17.1 Å². The van der Waals surface area contributed by atoms with Crippen molar-refractivity contribution in [3.8, 4) is 28.6 Å². The lowest BCUT2D eigenvalue weighted by molar-refractivity contribution is -0.0512. The fraction of sp³-hybridized carbons (Fsp3) is 0.238. The second-order valence-electron chi connectivity index (χ2n) is 6.75. The Morgan fingerprint density at radius 2 is 1.94 bits per heavy atom. The first kappa shape index (κ1) is 21.8. The van der Waals surface area contributed by atoms with Gasteiger partial charge in [0.05, 0.1) is 12.9 Å². The summed E-state index contributed by atoms with van der Waals surface area (Å²) in [6.07, 6.45) is 0. The topological polar surface area (TPSA) is 88.1 Å². The standard InChI is InChI=1S/C21H19F2N5O3S/c1-12-5-4-6-15(9-12)28-13(2)25-26-21(28)32-11-18-24-19(27-31-18)14-7-8-16(30-20(22)23)17(10-14)29-3/h4-10,20H,11H2,1-3H3. The van der Waals surface area contributed by atoms with E-state index in [1.807, 2.05) is 36.6 Å². The van der Waals surface area contributed by atoms with Crippen LogP contribution in [-0.2, 0) is 5.75 Å². The average Bonchev–Trinajstić information content (AvgIpc) is 3.38. The summed E-state index contributed by atoms with van der Waals surface area (Å²) in [6, 6.07) is 12.5. The number of aromatic nitrogens is 5. The number of thioether (sulfide) groups is 1. The summed E-state index contributed by atoms with van der Waals surface area (Å²) >= 11 is 1.41. The smallest absolute Gasteiger partial charge is 0.387 e. The van der Waals surface area contributed by atoms with Gasteiger partial charge in [0.15, 0.2) is 16.7 Å². The Kier molecular flexibility index (Phi) is 6.35. The van der Waals surface area contributed by atoms with Gasteiger partial charge in [-0.3, -0.25) is 4.57 Å². The van der Waals surface area contributed by atoms with E-state index in [-0.39, 0.29) is 11.5 Å². The fourth-order valence-corrected chi connectivity index (χ4v) is 3.89. The Bertz CT molecular complexity index is 1230. The van der Waals surface area contributed by atoms with Crippen LogP contribution in [0.3, 0.4) is 0 Å². The normalized spacial score (nSPS) is 11.2. The molecule has 0 atom stereocenters. The molecule has 4 aromatic rings. The lowest BCUT2D eigenvalue weighted by atomic mass is 10.2. The molecule has 0 aliphatic rings. The molecule has 2 aromatic heterocycles. The number of aryl methyl sites for hydroxylation is 2. The van der Waals surface area contributed by atoms with E-state index < -0.39 is 6.61 Å². The molecule has 2 aromatic carbocycles. The van der Waals surface area contributed by atoms with Crippen molar-refractivity contribution in [2.24, 2.45) is 0 Å². The first-order valence-corrected chi connectivity index (χ1v) is 10.5. The van der Waals surface area contributed by atoms with Crippen molar-refractivity contribution in [1.29, 1.82) is 0 Å². The molecule has 4 rings (SSSR count). The summed E-state index contributed by atoms with van der Waals surface area (Å²) in [5, 5.41) is 13.1. The molecule has 0 saturated heterocycles. The number of methoxy groups -OCH3 is 1. The first-order chi connectivity index (χ1) is 15.4. The lowest BCUT2D eigenvalue weighted by Crippen LogP contribution is -2.03. The van der Waals surface area contributed by atoms with Gasteiger partial charge in [-0.15, -0.1) is 10.2 Å². The van der Waals surface area contributed by atoms with Gasteiger partial charge in [-0.05, 0) is 49.7 Å². The summed E-state index contributed by atoms with van der Waals surface area (Å²) in [5.74, 6) is 1.90. The van der Waals surface area contributed by atoms with Crippen molar-refractivity contribution < 1.29 is 22.8 Å². The molecule has 0 amide bonds. The molecule has 11 heteroatoms. The number of hydrogen-bond acceptors (Lipinski definition) is 8. The van der Waals surface area contributed by atoms with Gasteiger partial charge in [0.1, 0.15) is 5.82 Å². The molecule has 0 spiro atoms. The van der Waals surface area contributed by atoms with Crippen LogP contribution in [0.5, 0.6) is 11.5 Å². The number of ether oxygens (including phenoxy) is 2. The highest BCUT2D eigenvalue weighted by atomic mass is 32.2. The number of alkyl halides is 2. The van der Waals surface area contributed by atoms with Crippen LogP contribution < -0.4 is 9.47 Å². The monoisotopic (exact) mass is 459 g/mol. The minimum absolute atomic E-state index is 0.0728. The predicted molar refractivity (Wildman–Crippen MR) is 113 cm³/mol. The van der Waals surface area contributed by atoms with E-state index in [0.717, 1.165) is 17.1 Å². The summed E-state index contributed by atoms with van der Waals surface area (Å²) in [6.45, 7) is 0.963. The largest absolute Gasteiger partial charge is 0.493 e. The maximum absolute atomic E-state index is 12.5. The third kappa shape index (κ3) is 4.72. The van der Waals surface area contributed by atoms with Crippen LogP contribution in [0, 0.1) is 13.8 Å². The number of rotatable bonds is 8. The SMILES string of the molecule is COc1cc(-c2noc(CSc3nnc(C)n3-c3cccc(C)c3)n2)ccc1OC(F)F. The Morgan fingerprint density at radius 3 is 2.69 bits per heavy atom. The number of halogens is 2. The molecule has 32 heavy (non-hydrogen) atoms. The minimum atomic E-state index is -2.95. The van der Waals surface area contributed by atoms with E-state index in [1.54, 1.807) is 6.07 Å². The third-order valence-corrected chi connectivity index (χ3v) is 5.40. The van der Waals surface area contributed by atoms with Gasteiger partial charge in [0, 0.05) is 11.3 Å². The van der Waals surface area contributed by atoms with Crippen LogP contribution in [-0.4, -0.2) is 38.6 Å². The molecule has 0 bridgehead atoms. The maximum Gasteiger partial charge on any atom is 0.387 e. The van der Waals surface area contributed by atoms with E-state index in [2.05, 4.69) is 31.1 Å². The van der Waals surface area contributed by atoms with E-state index >= 15 is 0 Å². The molecule has 0 unspecified atom stereocenters. The molecule has 166 valence electrons. The van der Waals surface area contributed by atoms with Crippen molar-refractivity contribution in [3.63, 3.8) is 0 Å². The van der Waals surface area contributed by atoms with E-state index in [4.69, 9.17) is 9.26 Å². The third-order valence-electron chi connectivity index (χ3n) is 4.49. The van der Waals surface area contributed by atoms with Crippen molar-refractivity contribution in [2.45, 2.75) is 31.4 Å². The second-order valence-corrected chi connectivity index (χ2v) is 7.69. The summed E-state index contributed by atoms with van der Waals surface area (Å²) in [5.41, 5.74) is 2.65. The quantitative estimate of drug-likeness (QED) is 0.346. The van der Waals surface area contributed by atoms with Crippen molar-refractivity contribution in [1.82, 2.24) is 24.9 Å². The Morgan fingerprint density at radius 1 is 1.09 bits per heavy atom. The van der Waals surface area contributed by atoms with Gasteiger partial charge in [0.2, 0.25) is 11.7 Å². The molecule has 0 aliphatic heterocycles. The van der Waals surface area contributed by atoms with Crippen molar-refractivity contribution in [3.05, 3.63) is 59.7 Å². The molecule has 2 heterocycles. The Hall–Kier alpha value is -3.47. The zero-order valence-electron chi connectivity index (χ0n) is 17.5. The molecule has 0 radical (unpaired) electrons. The highest BCUT2D eigenvalue weighted by Crippen LogP contribution is 2.33. The highest BCUT2D eigenvalue weighted by molar-refractivity contribution is 7.98. The van der Waals surface area contributed by atoms with Gasteiger partial charge in [0.25, 0.3) is 0 Å². The molecular weight excluding hydrogens is 440 g/mol. The van der Waals surface area contributed by atoms with Crippen molar-refractivity contribution >= 4 is 11.8 Å². The van der Waals surface area contributed by atoms with Crippen LogP contribution in [0.4, 0.5) is 8.78 Å². The maximum atomic E-state index is 12.5.